The fourth-order valence-corrected chi connectivity index (χ4v) is 7.36. The molecule has 5 rings (SSSR count). The van der Waals surface area contributed by atoms with E-state index in [1.807, 2.05) is 12.3 Å². The van der Waals surface area contributed by atoms with Gasteiger partial charge in [0.05, 0.1) is 30.3 Å². The molecule has 10 nitrogen and oxygen atoms in total. The van der Waals surface area contributed by atoms with Gasteiger partial charge in [-0.15, -0.1) is 23.1 Å². The number of amides is 3. The first kappa shape index (κ1) is 22.4. The quantitative estimate of drug-likeness (QED) is 0.420. The zero-order valence-electron chi connectivity index (χ0n) is 18.1. The van der Waals surface area contributed by atoms with Crippen molar-refractivity contribution in [3.05, 3.63) is 21.7 Å². The van der Waals surface area contributed by atoms with Gasteiger partial charge in [-0.3, -0.25) is 19.3 Å². The number of carboxylic acid groups (broad SMARTS) is 1. The zero-order valence-corrected chi connectivity index (χ0v) is 19.8. The highest BCUT2D eigenvalue weighted by atomic mass is 32.2. The number of thioether (sulfide) groups is 1. The number of aliphatic hydroxyl groups is 1. The molecule has 4 aliphatic heterocycles. The maximum Gasteiger partial charge on any atom is 0.353 e. The maximum absolute atomic E-state index is 12.5. The van der Waals surface area contributed by atoms with Crippen LogP contribution in [0.4, 0.5) is 5.13 Å². The minimum Gasteiger partial charge on any atom is -0.477 e. The highest BCUT2D eigenvalue weighted by Crippen LogP contribution is 2.52. The second-order valence-electron chi connectivity index (χ2n) is 8.91. The monoisotopic (exact) mass is 492 g/mol. The zero-order chi connectivity index (χ0) is 23.6. The molecule has 1 aromatic rings. The molecule has 1 aromatic heterocycles. The number of nitrogens with zero attached hydrogens (tertiary/aromatic N) is 4. The van der Waals surface area contributed by atoms with Crippen molar-refractivity contribution in [3.8, 4) is 0 Å². The van der Waals surface area contributed by atoms with Crippen LogP contribution in [0, 0.1) is 11.8 Å². The Morgan fingerprint density at radius 3 is 2.55 bits per heavy atom. The molecule has 0 saturated carbocycles. The molecule has 0 bridgehead atoms. The lowest BCUT2D eigenvalue weighted by Gasteiger charge is -2.46. The lowest BCUT2D eigenvalue weighted by Crippen LogP contribution is -2.63. The van der Waals surface area contributed by atoms with Crippen molar-refractivity contribution in [3.63, 3.8) is 0 Å². The molecule has 3 fully saturated rings. The van der Waals surface area contributed by atoms with Crippen molar-refractivity contribution in [2.24, 2.45) is 11.8 Å². The Labute approximate surface area is 198 Å². The molecule has 0 aromatic carbocycles. The summed E-state index contributed by atoms with van der Waals surface area (Å²) in [6.45, 7) is 5.05. The molecule has 0 spiro atoms. The number of carboxylic acids is 1. The molecule has 12 heteroatoms. The van der Waals surface area contributed by atoms with Crippen molar-refractivity contribution in [1.29, 1.82) is 0 Å². The first-order valence-electron chi connectivity index (χ1n) is 10.8. The van der Waals surface area contributed by atoms with E-state index in [1.165, 1.54) is 32.9 Å². The Kier molecular flexibility index (Phi) is 5.49. The first-order chi connectivity index (χ1) is 15.7. The number of fused-ring (bicyclic) bond motifs is 1. The minimum absolute atomic E-state index is 0.0503. The lowest BCUT2D eigenvalue weighted by atomic mass is 9.79. The van der Waals surface area contributed by atoms with Crippen molar-refractivity contribution in [2.75, 3.05) is 18.0 Å². The van der Waals surface area contributed by atoms with Crippen molar-refractivity contribution in [2.45, 2.75) is 50.6 Å². The van der Waals surface area contributed by atoms with E-state index in [1.54, 1.807) is 6.92 Å². The summed E-state index contributed by atoms with van der Waals surface area (Å²) in [4.78, 5) is 58.0. The van der Waals surface area contributed by atoms with Crippen LogP contribution < -0.4 is 4.90 Å². The predicted octanol–water partition coefficient (Wildman–Crippen LogP) is 0.868. The number of β-lactam (4-membered cyclic amide) rings is 1. The number of hydrogen-bond acceptors (Lipinski definition) is 9. The Bertz CT molecular complexity index is 1060. The molecular weight excluding hydrogens is 468 g/mol. The van der Waals surface area contributed by atoms with Crippen LogP contribution in [0.15, 0.2) is 16.0 Å². The van der Waals surface area contributed by atoms with Crippen LogP contribution in [0.3, 0.4) is 0 Å². The number of aromatic nitrogens is 1. The highest BCUT2D eigenvalue weighted by molar-refractivity contribution is 8.03. The van der Waals surface area contributed by atoms with E-state index in [-0.39, 0.29) is 60.0 Å². The highest BCUT2D eigenvalue weighted by Gasteiger charge is 2.60. The van der Waals surface area contributed by atoms with Crippen molar-refractivity contribution < 1.29 is 29.4 Å². The summed E-state index contributed by atoms with van der Waals surface area (Å²) in [7, 11) is 0. The van der Waals surface area contributed by atoms with E-state index in [9.17, 15) is 29.4 Å². The van der Waals surface area contributed by atoms with Gasteiger partial charge in [0.15, 0.2) is 5.13 Å². The standard InChI is InChI=1S/C21H24N4O6S2/c1-9-16-15(10(2)26)19(29)25(16)17(20(30)31)18(9)33-12-6-23(7-12)21-22-11(8-32-21)5-24-13(27)3-4-14(24)28/h8-10,12,15-16,26H,3-7H2,1-2H3,(H,30,31)/t9-,10-,15-,16-/m1/s1. The molecular formula is C21H24N4O6S2. The number of carbonyl (C=O) groups excluding carboxylic acids is 3. The van der Waals surface area contributed by atoms with Crippen LogP contribution in [0.2, 0.25) is 0 Å². The van der Waals surface area contributed by atoms with Gasteiger partial charge in [0.1, 0.15) is 5.70 Å². The van der Waals surface area contributed by atoms with Gasteiger partial charge in [-0.25, -0.2) is 9.78 Å². The molecule has 0 unspecified atom stereocenters. The van der Waals surface area contributed by atoms with Crippen molar-refractivity contribution >= 4 is 51.9 Å². The predicted molar refractivity (Wildman–Crippen MR) is 120 cm³/mol. The smallest absolute Gasteiger partial charge is 0.353 e. The van der Waals surface area contributed by atoms with Gasteiger partial charge in [0, 0.05) is 47.4 Å². The normalized spacial score (nSPS) is 28.4. The van der Waals surface area contributed by atoms with Crippen LogP contribution >= 0.6 is 23.1 Å². The molecule has 2 N–H and O–H groups in total. The summed E-state index contributed by atoms with van der Waals surface area (Å²) in [5.74, 6) is -2.47. The SMILES string of the molecule is C[C@@H](O)[C@H]1C(=O)N2C(C(=O)O)=C(SC3CN(c4nc(CN5C(=O)CCC5=O)cs4)C3)[C@H](C)[C@H]12. The summed E-state index contributed by atoms with van der Waals surface area (Å²) in [5.41, 5.74) is 0.733. The number of likely N-dealkylation sites (tertiary alicyclic amines) is 1. The van der Waals surface area contributed by atoms with Crippen LogP contribution in [0.1, 0.15) is 32.4 Å². The topological polar surface area (TPSA) is 131 Å². The molecule has 0 radical (unpaired) electrons. The number of carbonyl (C=O) groups is 4. The number of anilines is 1. The van der Waals surface area contributed by atoms with Gasteiger partial charge in [-0.05, 0) is 6.92 Å². The lowest BCUT2D eigenvalue weighted by molar-refractivity contribution is -0.163. The van der Waals surface area contributed by atoms with Crippen LogP contribution in [-0.4, -0.2) is 79.2 Å². The first-order valence-corrected chi connectivity index (χ1v) is 12.6. The number of thiazole rings is 1. The van der Waals surface area contributed by atoms with E-state index in [2.05, 4.69) is 9.88 Å². The summed E-state index contributed by atoms with van der Waals surface area (Å²) < 4.78 is 0. The van der Waals surface area contributed by atoms with Crippen LogP contribution in [-0.2, 0) is 25.7 Å². The third-order valence-electron chi connectivity index (χ3n) is 6.74. The molecule has 4 aliphatic rings. The van der Waals surface area contributed by atoms with Gasteiger partial charge in [-0.2, -0.15) is 0 Å². The molecule has 176 valence electrons. The minimum atomic E-state index is -1.11. The molecule has 3 saturated heterocycles. The summed E-state index contributed by atoms with van der Waals surface area (Å²) in [6, 6.07) is -0.306. The maximum atomic E-state index is 12.5. The van der Waals surface area contributed by atoms with Crippen LogP contribution in [0.25, 0.3) is 0 Å². The van der Waals surface area contributed by atoms with Gasteiger partial charge >= 0.3 is 5.97 Å². The van der Waals surface area contributed by atoms with E-state index >= 15 is 0 Å². The number of hydrogen-bond donors (Lipinski definition) is 2. The Morgan fingerprint density at radius 2 is 1.94 bits per heavy atom. The number of imide groups is 1. The van der Waals surface area contributed by atoms with Gasteiger partial charge in [0.2, 0.25) is 17.7 Å². The Balaban J connectivity index is 1.22. The van der Waals surface area contributed by atoms with E-state index in [4.69, 9.17) is 0 Å². The fraction of sp³-hybridized carbons (Fsp3) is 0.571. The fourth-order valence-electron chi connectivity index (χ4n) is 5.00. The van der Waals surface area contributed by atoms with E-state index < -0.39 is 18.0 Å². The van der Waals surface area contributed by atoms with Gasteiger partial charge < -0.3 is 20.0 Å². The largest absolute Gasteiger partial charge is 0.477 e. The third-order valence-corrected chi connectivity index (χ3v) is 9.14. The van der Waals surface area contributed by atoms with Gasteiger partial charge in [0.25, 0.3) is 0 Å². The van der Waals surface area contributed by atoms with Gasteiger partial charge in [-0.1, -0.05) is 6.92 Å². The summed E-state index contributed by atoms with van der Waals surface area (Å²) >= 11 is 2.95. The second-order valence-corrected chi connectivity index (χ2v) is 11.1. The average Bonchev–Trinajstić information content (AvgIpc) is 3.36. The second kappa shape index (κ2) is 8.10. The number of aliphatic carboxylic acids is 1. The molecule has 5 heterocycles. The molecule has 33 heavy (non-hydrogen) atoms. The average molecular weight is 493 g/mol. The number of aliphatic hydroxyl groups excluding tert-OH is 1. The van der Waals surface area contributed by atoms with E-state index in [0.717, 1.165) is 5.13 Å². The van der Waals surface area contributed by atoms with Crippen LogP contribution in [0.5, 0.6) is 0 Å². The Morgan fingerprint density at radius 1 is 1.27 bits per heavy atom. The third kappa shape index (κ3) is 3.55. The number of rotatable bonds is 7. The van der Waals surface area contributed by atoms with Crippen molar-refractivity contribution in [1.82, 2.24) is 14.8 Å². The molecule has 0 aliphatic carbocycles. The summed E-state index contributed by atoms with van der Waals surface area (Å²) in [6.07, 6.45) is -0.296. The molecule has 3 amide bonds. The van der Waals surface area contributed by atoms with E-state index in [0.29, 0.717) is 23.7 Å². The molecule has 4 atom stereocenters. The summed E-state index contributed by atoms with van der Waals surface area (Å²) in [5, 5.41) is 22.5. The Hall–Kier alpha value is -2.44.